The van der Waals surface area contributed by atoms with E-state index in [4.69, 9.17) is 16.3 Å². The predicted octanol–water partition coefficient (Wildman–Crippen LogP) is 3.15. The summed E-state index contributed by atoms with van der Waals surface area (Å²) in [6.45, 7) is 2.70. The van der Waals surface area contributed by atoms with Crippen LogP contribution in [0.3, 0.4) is 0 Å². The van der Waals surface area contributed by atoms with Crippen LogP contribution in [-0.4, -0.2) is 88.8 Å². The molecule has 1 fully saturated rings. The lowest BCUT2D eigenvalue weighted by atomic mass is 10.1. The van der Waals surface area contributed by atoms with E-state index in [2.05, 4.69) is 15.2 Å². The van der Waals surface area contributed by atoms with Gasteiger partial charge in [0.05, 0.1) is 22.7 Å². The number of sulfone groups is 1. The van der Waals surface area contributed by atoms with Crippen molar-refractivity contribution >= 4 is 43.1 Å². The number of amides is 1. The second-order valence-electron chi connectivity index (χ2n) is 9.61. The summed E-state index contributed by atoms with van der Waals surface area (Å²) in [6.07, 6.45) is 4.00. The number of ether oxygens (including phenoxy) is 1. The number of pyridine rings is 1. The zero-order valence-corrected chi connectivity index (χ0v) is 24.6. The maximum absolute atomic E-state index is 13.1. The number of aromatic nitrogens is 1. The van der Waals surface area contributed by atoms with E-state index in [1.807, 2.05) is 12.1 Å². The van der Waals surface area contributed by atoms with Gasteiger partial charge in [0, 0.05) is 67.6 Å². The molecule has 0 bridgehead atoms. The summed E-state index contributed by atoms with van der Waals surface area (Å²) in [6, 6.07) is 15.2. The van der Waals surface area contributed by atoms with Gasteiger partial charge in [-0.05, 0) is 42.5 Å². The summed E-state index contributed by atoms with van der Waals surface area (Å²) >= 11 is 6.36. The molecular formula is C27H31ClN4O6S2. The molecule has 0 saturated carbocycles. The van der Waals surface area contributed by atoms with E-state index >= 15 is 0 Å². The molecule has 0 atom stereocenters. The molecule has 1 aromatic heterocycles. The van der Waals surface area contributed by atoms with Gasteiger partial charge < -0.3 is 10.1 Å². The standard InChI is InChI=1S/C27H31ClN4O6S2/c1-39(34,35)19-21-7-6-20(17-26(21)38-16-15-31-11-13-32(14-12-31)40(2,36)37)27(33)30-22-8-9-24(28)23(18-22)25-5-3-4-10-29-25/h3-10,17-18H,11-16,19H2,1-2H3,(H,30,33). The normalized spacial score (nSPS) is 15.1. The maximum Gasteiger partial charge on any atom is 0.255 e. The van der Waals surface area contributed by atoms with Crippen molar-refractivity contribution in [2.24, 2.45) is 0 Å². The number of carbonyl (C=O) groups is 1. The molecule has 214 valence electrons. The van der Waals surface area contributed by atoms with Crippen LogP contribution in [0, 0.1) is 0 Å². The van der Waals surface area contributed by atoms with Crippen LogP contribution in [0.1, 0.15) is 15.9 Å². The highest BCUT2D eigenvalue weighted by atomic mass is 35.5. The van der Waals surface area contributed by atoms with E-state index in [0.29, 0.717) is 71.6 Å². The van der Waals surface area contributed by atoms with E-state index in [9.17, 15) is 21.6 Å². The molecule has 10 nitrogen and oxygen atoms in total. The molecule has 2 heterocycles. The molecule has 1 saturated heterocycles. The maximum atomic E-state index is 13.1. The molecule has 40 heavy (non-hydrogen) atoms. The van der Waals surface area contributed by atoms with Crippen LogP contribution in [0.15, 0.2) is 60.8 Å². The van der Waals surface area contributed by atoms with Crippen molar-refractivity contribution in [2.75, 3.05) is 57.2 Å². The van der Waals surface area contributed by atoms with Crippen molar-refractivity contribution in [3.8, 4) is 17.0 Å². The Labute approximate surface area is 239 Å². The fourth-order valence-corrected chi connectivity index (χ4v) is 6.17. The molecule has 0 spiro atoms. The monoisotopic (exact) mass is 606 g/mol. The highest BCUT2D eigenvalue weighted by Gasteiger charge is 2.23. The minimum atomic E-state index is -3.35. The van der Waals surface area contributed by atoms with Gasteiger partial charge in [-0.15, -0.1) is 0 Å². The summed E-state index contributed by atoms with van der Waals surface area (Å²) in [4.78, 5) is 19.5. The number of anilines is 1. The lowest BCUT2D eigenvalue weighted by Gasteiger charge is -2.33. The summed E-state index contributed by atoms with van der Waals surface area (Å²) in [7, 11) is -6.57. The molecule has 4 rings (SSSR count). The lowest BCUT2D eigenvalue weighted by Crippen LogP contribution is -2.49. The minimum Gasteiger partial charge on any atom is -0.492 e. The first-order valence-electron chi connectivity index (χ1n) is 12.5. The quantitative estimate of drug-likeness (QED) is 0.373. The van der Waals surface area contributed by atoms with Gasteiger partial charge in [-0.25, -0.2) is 16.8 Å². The van der Waals surface area contributed by atoms with Gasteiger partial charge in [0.15, 0.2) is 9.84 Å². The zero-order valence-electron chi connectivity index (χ0n) is 22.2. The summed E-state index contributed by atoms with van der Waals surface area (Å²) in [5.41, 5.74) is 2.60. The van der Waals surface area contributed by atoms with Crippen molar-refractivity contribution in [1.82, 2.24) is 14.2 Å². The summed E-state index contributed by atoms with van der Waals surface area (Å²) in [5, 5.41) is 3.35. The fourth-order valence-electron chi connectivity index (χ4n) is 4.33. The van der Waals surface area contributed by atoms with Crippen molar-refractivity contribution in [3.63, 3.8) is 0 Å². The summed E-state index contributed by atoms with van der Waals surface area (Å²) < 4.78 is 54.9. The second-order valence-corrected chi connectivity index (χ2v) is 14.1. The van der Waals surface area contributed by atoms with Gasteiger partial charge in [0.2, 0.25) is 10.0 Å². The molecule has 1 amide bonds. The van der Waals surface area contributed by atoms with E-state index < -0.39 is 25.8 Å². The van der Waals surface area contributed by atoms with Crippen LogP contribution in [0.25, 0.3) is 11.3 Å². The first kappa shape index (κ1) is 29.9. The molecular weight excluding hydrogens is 576 g/mol. The number of nitrogens with zero attached hydrogens (tertiary/aromatic N) is 3. The van der Waals surface area contributed by atoms with Gasteiger partial charge in [-0.1, -0.05) is 23.7 Å². The van der Waals surface area contributed by atoms with Gasteiger partial charge in [0.1, 0.15) is 12.4 Å². The van der Waals surface area contributed by atoms with Crippen LogP contribution >= 0.6 is 11.6 Å². The van der Waals surface area contributed by atoms with E-state index in [0.717, 1.165) is 6.26 Å². The van der Waals surface area contributed by atoms with E-state index in [1.165, 1.54) is 16.6 Å². The number of piperazine rings is 1. The van der Waals surface area contributed by atoms with Gasteiger partial charge in [-0.2, -0.15) is 4.31 Å². The molecule has 13 heteroatoms. The molecule has 0 aliphatic carbocycles. The van der Waals surface area contributed by atoms with Crippen LogP contribution in [0.5, 0.6) is 5.75 Å². The molecule has 1 N–H and O–H groups in total. The second kappa shape index (κ2) is 12.6. The Hall–Kier alpha value is -3.03. The molecule has 1 aliphatic heterocycles. The third-order valence-corrected chi connectivity index (χ3v) is 8.85. The SMILES string of the molecule is CS(=O)(=O)Cc1ccc(C(=O)Nc2ccc(Cl)c(-c3ccccn3)c2)cc1OCCN1CCN(S(C)(=O)=O)CC1. The van der Waals surface area contributed by atoms with Gasteiger partial charge >= 0.3 is 0 Å². The van der Waals surface area contributed by atoms with E-state index in [1.54, 1.807) is 42.6 Å². The van der Waals surface area contributed by atoms with Crippen molar-refractivity contribution < 1.29 is 26.4 Å². The summed E-state index contributed by atoms with van der Waals surface area (Å²) in [5.74, 6) is -0.331. The predicted molar refractivity (Wildman–Crippen MR) is 156 cm³/mol. The van der Waals surface area contributed by atoms with Crippen molar-refractivity contribution in [3.05, 3.63) is 76.9 Å². The molecule has 1 aliphatic rings. The third kappa shape index (κ3) is 8.24. The first-order chi connectivity index (χ1) is 18.9. The third-order valence-electron chi connectivity index (χ3n) is 6.38. The molecule has 0 radical (unpaired) electrons. The average molecular weight is 607 g/mol. The fraction of sp³-hybridized carbons (Fsp3) is 0.333. The molecule has 3 aromatic rings. The van der Waals surface area contributed by atoms with Crippen LogP contribution in [0.2, 0.25) is 5.02 Å². The molecule has 0 unspecified atom stereocenters. The average Bonchev–Trinajstić information content (AvgIpc) is 2.90. The Morgan fingerprint density at radius 3 is 2.40 bits per heavy atom. The van der Waals surface area contributed by atoms with Crippen LogP contribution in [-0.2, 0) is 25.6 Å². The number of benzene rings is 2. The number of rotatable bonds is 10. The number of halogens is 1. The Morgan fingerprint density at radius 1 is 1.00 bits per heavy atom. The Morgan fingerprint density at radius 2 is 1.75 bits per heavy atom. The number of carbonyl (C=O) groups excluding carboxylic acids is 1. The largest absolute Gasteiger partial charge is 0.492 e. The van der Waals surface area contributed by atoms with Crippen LogP contribution in [0.4, 0.5) is 5.69 Å². The smallest absolute Gasteiger partial charge is 0.255 e. The van der Waals surface area contributed by atoms with E-state index in [-0.39, 0.29) is 12.4 Å². The van der Waals surface area contributed by atoms with Gasteiger partial charge in [-0.3, -0.25) is 14.7 Å². The Balaban J connectivity index is 1.46. The highest BCUT2D eigenvalue weighted by molar-refractivity contribution is 7.89. The zero-order chi connectivity index (χ0) is 28.9. The Bertz CT molecular complexity index is 1580. The lowest BCUT2D eigenvalue weighted by molar-refractivity contribution is 0.102. The Kier molecular flexibility index (Phi) is 9.47. The molecule has 2 aromatic carbocycles. The first-order valence-corrected chi connectivity index (χ1v) is 16.8. The minimum absolute atomic E-state index is 0.234. The van der Waals surface area contributed by atoms with Crippen molar-refractivity contribution in [2.45, 2.75) is 5.75 Å². The topological polar surface area (TPSA) is 126 Å². The van der Waals surface area contributed by atoms with Crippen LogP contribution < -0.4 is 10.1 Å². The number of hydrogen-bond donors (Lipinski definition) is 1. The van der Waals surface area contributed by atoms with Gasteiger partial charge in [0.25, 0.3) is 5.91 Å². The number of nitrogens with one attached hydrogen (secondary N) is 1. The number of sulfonamides is 1. The highest BCUT2D eigenvalue weighted by Crippen LogP contribution is 2.30. The van der Waals surface area contributed by atoms with Crippen molar-refractivity contribution in [1.29, 1.82) is 0 Å². The number of hydrogen-bond acceptors (Lipinski definition) is 8.